The third kappa shape index (κ3) is 4.20. The number of aryl methyl sites for hydroxylation is 1. The molecule has 1 unspecified atom stereocenters. The predicted molar refractivity (Wildman–Crippen MR) is 138 cm³/mol. The molecule has 3 aliphatic rings. The molecular weight excluding hydrogens is 468 g/mol. The molecule has 190 valence electrons. The fraction of sp³-hybridized carbons (Fsp3) is 0.379. The quantitative estimate of drug-likeness (QED) is 0.546. The van der Waals surface area contributed by atoms with Crippen molar-refractivity contribution in [3.8, 4) is 11.4 Å². The third-order valence-corrected chi connectivity index (χ3v) is 7.76. The first-order valence-electron chi connectivity index (χ1n) is 13.0. The molecule has 8 heteroatoms. The fourth-order valence-corrected chi connectivity index (χ4v) is 5.60. The molecule has 0 bridgehead atoms. The summed E-state index contributed by atoms with van der Waals surface area (Å²) in [6.07, 6.45) is 3.46. The molecule has 0 radical (unpaired) electrons. The van der Waals surface area contributed by atoms with Crippen LogP contribution in [-0.4, -0.2) is 51.5 Å². The van der Waals surface area contributed by atoms with E-state index in [4.69, 9.17) is 9.84 Å². The van der Waals surface area contributed by atoms with Crippen LogP contribution in [0.15, 0.2) is 42.5 Å². The van der Waals surface area contributed by atoms with Crippen LogP contribution in [-0.2, 0) is 17.6 Å². The minimum atomic E-state index is -0.555. The minimum absolute atomic E-state index is 0.0345. The first-order chi connectivity index (χ1) is 17.9. The van der Waals surface area contributed by atoms with Gasteiger partial charge in [-0.3, -0.25) is 14.4 Å². The van der Waals surface area contributed by atoms with E-state index in [1.807, 2.05) is 21.7 Å². The van der Waals surface area contributed by atoms with Crippen LogP contribution < -0.4 is 10.1 Å². The Labute approximate surface area is 215 Å². The first-order valence-corrected chi connectivity index (χ1v) is 13.0. The number of amides is 2. The van der Waals surface area contributed by atoms with Gasteiger partial charge in [0.25, 0.3) is 11.8 Å². The maximum atomic E-state index is 13.5. The van der Waals surface area contributed by atoms with Gasteiger partial charge in [-0.1, -0.05) is 17.7 Å². The molecule has 6 rings (SSSR count). The standard InChI is InChI=1S/C29H30N4O4/c1-17-6-9-21(10-7-17)33-24-5-3-4-22(24)26(31-33)29(36)32-14-12-19(13-15-32)27(34)20-8-11-25-23(16-20)30-28(35)18(2)37-25/h6-11,16,18-19H,3-5,12-15H2,1-2H3,(H,30,35). The van der Waals surface area contributed by atoms with Crippen molar-refractivity contribution in [3.05, 3.63) is 70.5 Å². The zero-order chi connectivity index (χ0) is 25.7. The average Bonchev–Trinajstić information content (AvgIpc) is 3.52. The van der Waals surface area contributed by atoms with Gasteiger partial charge in [0.1, 0.15) is 5.75 Å². The molecule has 2 aromatic carbocycles. The molecule has 2 aliphatic heterocycles. The molecule has 8 nitrogen and oxygen atoms in total. The topological polar surface area (TPSA) is 93.5 Å². The molecule has 1 aromatic heterocycles. The van der Waals surface area contributed by atoms with Gasteiger partial charge in [-0.05, 0) is 76.3 Å². The number of anilines is 1. The molecule has 1 fully saturated rings. The Morgan fingerprint density at radius 3 is 2.57 bits per heavy atom. The number of hydrogen-bond acceptors (Lipinski definition) is 5. The highest BCUT2D eigenvalue weighted by molar-refractivity contribution is 6.02. The van der Waals surface area contributed by atoms with Crippen LogP contribution in [0.3, 0.4) is 0 Å². The van der Waals surface area contributed by atoms with Crippen LogP contribution in [0.5, 0.6) is 5.75 Å². The second kappa shape index (κ2) is 9.18. The van der Waals surface area contributed by atoms with Gasteiger partial charge >= 0.3 is 0 Å². The van der Waals surface area contributed by atoms with Gasteiger partial charge in [0.05, 0.1) is 11.4 Å². The normalized spacial score (nSPS) is 19.1. The van der Waals surface area contributed by atoms with E-state index in [9.17, 15) is 14.4 Å². The average molecular weight is 499 g/mol. The number of likely N-dealkylation sites (tertiary alicyclic amines) is 1. The molecule has 1 N–H and O–H groups in total. The van der Waals surface area contributed by atoms with Crippen LogP contribution in [0.1, 0.15) is 63.9 Å². The van der Waals surface area contributed by atoms with Crippen molar-refractivity contribution >= 4 is 23.3 Å². The van der Waals surface area contributed by atoms with Gasteiger partial charge in [-0.15, -0.1) is 0 Å². The summed E-state index contributed by atoms with van der Waals surface area (Å²) in [4.78, 5) is 40.6. The van der Waals surface area contributed by atoms with Crippen molar-refractivity contribution in [1.29, 1.82) is 0 Å². The second-order valence-corrected chi connectivity index (χ2v) is 10.3. The molecule has 0 saturated carbocycles. The number of carbonyl (C=O) groups excluding carboxylic acids is 3. The van der Waals surface area contributed by atoms with Crippen molar-refractivity contribution in [2.75, 3.05) is 18.4 Å². The first kappa shape index (κ1) is 23.5. The summed E-state index contributed by atoms with van der Waals surface area (Å²) in [7, 11) is 0. The van der Waals surface area contributed by atoms with Gasteiger partial charge in [-0.25, -0.2) is 4.68 Å². The number of hydrogen-bond donors (Lipinski definition) is 1. The number of carbonyl (C=O) groups is 3. The van der Waals surface area contributed by atoms with Crippen molar-refractivity contribution in [2.24, 2.45) is 5.92 Å². The predicted octanol–water partition coefficient (Wildman–Crippen LogP) is 4.12. The van der Waals surface area contributed by atoms with E-state index >= 15 is 0 Å². The number of rotatable bonds is 4. The van der Waals surface area contributed by atoms with Gasteiger partial charge in [0.2, 0.25) is 0 Å². The SMILES string of the molecule is Cc1ccc(-n2nc(C(=O)N3CCC(C(=O)c4ccc5c(c4)NC(=O)C(C)O5)CC3)c3c2CCC3)cc1. The molecule has 3 heterocycles. The van der Waals surface area contributed by atoms with Crippen LogP contribution >= 0.6 is 0 Å². The summed E-state index contributed by atoms with van der Waals surface area (Å²) in [5, 5.41) is 7.58. The Kier molecular flexibility index (Phi) is 5.82. The summed E-state index contributed by atoms with van der Waals surface area (Å²) >= 11 is 0. The van der Waals surface area contributed by atoms with Gasteiger partial charge < -0.3 is 15.0 Å². The number of fused-ring (bicyclic) bond motifs is 2. The highest BCUT2D eigenvalue weighted by Gasteiger charge is 2.34. The molecular formula is C29H30N4O4. The lowest BCUT2D eigenvalue weighted by atomic mass is 9.88. The van der Waals surface area contributed by atoms with Crippen LogP contribution in [0.25, 0.3) is 5.69 Å². The Balaban J connectivity index is 1.15. The Hall–Kier alpha value is -3.94. The van der Waals surface area contributed by atoms with E-state index in [1.54, 1.807) is 25.1 Å². The third-order valence-electron chi connectivity index (χ3n) is 7.76. The van der Waals surface area contributed by atoms with Crippen LogP contribution in [0.2, 0.25) is 0 Å². The highest BCUT2D eigenvalue weighted by Crippen LogP contribution is 2.33. The van der Waals surface area contributed by atoms with E-state index in [-0.39, 0.29) is 23.5 Å². The Bertz CT molecular complexity index is 1400. The van der Waals surface area contributed by atoms with Crippen molar-refractivity contribution in [2.45, 2.75) is 52.1 Å². The number of ether oxygens (including phenoxy) is 1. The maximum Gasteiger partial charge on any atom is 0.274 e. The van der Waals surface area contributed by atoms with Crippen molar-refractivity contribution < 1.29 is 19.1 Å². The lowest BCUT2D eigenvalue weighted by molar-refractivity contribution is -0.122. The summed E-state index contributed by atoms with van der Waals surface area (Å²) in [6.45, 7) is 4.78. The Morgan fingerprint density at radius 1 is 1.05 bits per heavy atom. The fourth-order valence-electron chi connectivity index (χ4n) is 5.60. The molecule has 3 aromatic rings. The smallest absolute Gasteiger partial charge is 0.274 e. The molecule has 0 spiro atoms. The zero-order valence-electron chi connectivity index (χ0n) is 21.1. The second-order valence-electron chi connectivity index (χ2n) is 10.3. The summed E-state index contributed by atoms with van der Waals surface area (Å²) in [6, 6.07) is 13.4. The molecule has 37 heavy (non-hydrogen) atoms. The van der Waals surface area contributed by atoms with E-state index in [2.05, 4.69) is 24.4 Å². The Morgan fingerprint density at radius 2 is 1.81 bits per heavy atom. The van der Waals surface area contributed by atoms with Gasteiger partial charge in [-0.2, -0.15) is 5.10 Å². The molecule has 1 saturated heterocycles. The summed E-state index contributed by atoms with van der Waals surface area (Å²) in [5.41, 5.74) is 6.00. The maximum absolute atomic E-state index is 13.5. The number of benzene rings is 2. The number of aromatic nitrogens is 2. The molecule has 1 aliphatic carbocycles. The molecule has 1 atom stereocenters. The summed E-state index contributed by atoms with van der Waals surface area (Å²) in [5.74, 6) is 0.170. The minimum Gasteiger partial charge on any atom is -0.479 e. The largest absolute Gasteiger partial charge is 0.479 e. The zero-order valence-corrected chi connectivity index (χ0v) is 21.1. The number of Topliss-reactive ketones (excluding diaryl/α,β-unsaturated/α-hetero) is 1. The lowest BCUT2D eigenvalue weighted by Crippen LogP contribution is -2.40. The van der Waals surface area contributed by atoms with E-state index < -0.39 is 6.10 Å². The highest BCUT2D eigenvalue weighted by atomic mass is 16.5. The molecule has 2 amide bonds. The van der Waals surface area contributed by atoms with Crippen molar-refractivity contribution in [3.63, 3.8) is 0 Å². The van der Waals surface area contributed by atoms with E-state index in [0.717, 1.165) is 36.2 Å². The number of piperidine rings is 1. The van der Waals surface area contributed by atoms with Gasteiger partial charge in [0.15, 0.2) is 17.6 Å². The van der Waals surface area contributed by atoms with Crippen LogP contribution in [0, 0.1) is 12.8 Å². The summed E-state index contributed by atoms with van der Waals surface area (Å²) < 4.78 is 7.53. The van der Waals surface area contributed by atoms with E-state index in [0.29, 0.717) is 48.6 Å². The van der Waals surface area contributed by atoms with Crippen LogP contribution in [0.4, 0.5) is 5.69 Å². The lowest BCUT2D eigenvalue weighted by Gasteiger charge is -2.31. The van der Waals surface area contributed by atoms with Crippen molar-refractivity contribution in [1.82, 2.24) is 14.7 Å². The number of nitrogens with zero attached hydrogens (tertiary/aromatic N) is 3. The van der Waals surface area contributed by atoms with Gasteiger partial charge in [0, 0.05) is 35.8 Å². The number of ketones is 1. The number of nitrogens with one attached hydrogen (secondary N) is 1. The monoisotopic (exact) mass is 498 g/mol. The van der Waals surface area contributed by atoms with E-state index in [1.165, 1.54) is 5.56 Å².